The molecule has 0 radical (unpaired) electrons. The minimum absolute atomic E-state index is 0.207. The molecule has 2 aliphatic rings. The van der Waals surface area contributed by atoms with E-state index in [4.69, 9.17) is 32.7 Å². The van der Waals surface area contributed by atoms with Crippen LogP contribution in [-0.4, -0.2) is 25.7 Å². The van der Waals surface area contributed by atoms with Crippen LogP contribution in [0.25, 0.3) is 0 Å². The Balaban J connectivity index is 1.71. The zero-order valence-corrected chi connectivity index (χ0v) is 16.2. The van der Waals surface area contributed by atoms with Crippen LogP contribution in [0.1, 0.15) is 57.4 Å². The van der Waals surface area contributed by atoms with Crippen molar-refractivity contribution in [3.8, 4) is 0 Å². The lowest BCUT2D eigenvalue weighted by molar-refractivity contribution is -0.180. The normalized spacial score (nSPS) is 18.4. The van der Waals surface area contributed by atoms with E-state index >= 15 is 0 Å². The van der Waals surface area contributed by atoms with Gasteiger partial charge in [0, 0.05) is 6.54 Å². The number of unbranched alkanes of at least 4 members (excludes halogenated alkanes) is 6. The highest BCUT2D eigenvalue weighted by molar-refractivity contribution is 6.38. The maximum atomic E-state index is 13.1. The third-order valence-corrected chi connectivity index (χ3v) is 5.50. The molecule has 1 spiro atoms. The Morgan fingerprint density at radius 3 is 2.28 bits per heavy atom. The van der Waals surface area contributed by atoms with Gasteiger partial charge in [0.15, 0.2) is 0 Å². The molecular formula is C19H25Cl2NO3. The van der Waals surface area contributed by atoms with E-state index in [1.807, 2.05) is 0 Å². The van der Waals surface area contributed by atoms with E-state index in [1.165, 1.54) is 32.1 Å². The number of nitrogens with zero attached hydrogens (tertiary/aromatic N) is 1. The fraction of sp³-hybridized carbons (Fsp3) is 0.632. The summed E-state index contributed by atoms with van der Waals surface area (Å²) in [4.78, 5) is 14.8. The molecule has 2 aliphatic heterocycles. The molecular weight excluding hydrogens is 361 g/mol. The number of amides is 1. The van der Waals surface area contributed by atoms with Gasteiger partial charge in [-0.05, 0) is 18.6 Å². The van der Waals surface area contributed by atoms with E-state index in [0.29, 0.717) is 41.1 Å². The molecule has 2 heterocycles. The predicted molar refractivity (Wildman–Crippen MR) is 100 cm³/mol. The van der Waals surface area contributed by atoms with Gasteiger partial charge in [0.1, 0.15) is 0 Å². The van der Waals surface area contributed by atoms with Crippen LogP contribution < -0.4 is 4.90 Å². The van der Waals surface area contributed by atoms with Crippen LogP contribution in [0.5, 0.6) is 0 Å². The summed E-state index contributed by atoms with van der Waals surface area (Å²) >= 11 is 12.8. The van der Waals surface area contributed by atoms with E-state index in [9.17, 15) is 4.79 Å². The predicted octanol–water partition coefficient (Wildman–Crippen LogP) is 5.29. The summed E-state index contributed by atoms with van der Waals surface area (Å²) in [6.45, 7) is 3.57. The van der Waals surface area contributed by atoms with Gasteiger partial charge in [-0.15, -0.1) is 0 Å². The van der Waals surface area contributed by atoms with Gasteiger partial charge in [-0.25, -0.2) is 0 Å². The summed E-state index contributed by atoms with van der Waals surface area (Å²) in [6.07, 6.45) is 8.29. The highest BCUT2D eigenvalue weighted by atomic mass is 35.5. The molecule has 0 saturated carbocycles. The first-order chi connectivity index (χ1) is 12.1. The summed E-state index contributed by atoms with van der Waals surface area (Å²) in [6, 6.07) is 3.42. The molecule has 1 aromatic carbocycles. The van der Waals surface area contributed by atoms with E-state index in [1.54, 1.807) is 17.0 Å². The van der Waals surface area contributed by atoms with Gasteiger partial charge in [-0.3, -0.25) is 4.79 Å². The maximum Gasteiger partial charge on any atom is 0.292 e. The Morgan fingerprint density at radius 1 is 1.00 bits per heavy atom. The number of halogens is 2. The summed E-state index contributed by atoms with van der Waals surface area (Å²) < 4.78 is 11.4. The number of hydrogen-bond acceptors (Lipinski definition) is 3. The Kier molecular flexibility index (Phi) is 6.26. The molecule has 0 aliphatic carbocycles. The smallest absolute Gasteiger partial charge is 0.292 e. The van der Waals surface area contributed by atoms with E-state index in [2.05, 4.69) is 6.92 Å². The van der Waals surface area contributed by atoms with Crippen molar-refractivity contribution in [2.75, 3.05) is 24.7 Å². The Labute approximate surface area is 159 Å². The molecule has 25 heavy (non-hydrogen) atoms. The summed E-state index contributed by atoms with van der Waals surface area (Å²) in [5.74, 6) is -1.61. The van der Waals surface area contributed by atoms with Crippen molar-refractivity contribution in [2.24, 2.45) is 0 Å². The average Bonchev–Trinajstić information content (AvgIpc) is 3.18. The van der Waals surface area contributed by atoms with Crippen molar-refractivity contribution in [3.05, 3.63) is 27.7 Å². The van der Waals surface area contributed by atoms with Gasteiger partial charge in [0.2, 0.25) is 0 Å². The molecule has 0 bridgehead atoms. The quantitative estimate of drug-likeness (QED) is 0.570. The van der Waals surface area contributed by atoms with Crippen molar-refractivity contribution < 1.29 is 14.3 Å². The van der Waals surface area contributed by atoms with Gasteiger partial charge in [0.05, 0.1) is 34.5 Å². The molecule has 3 rings (SSSR count). The molecule has 6 heteroatoms. The van der Waals surface area contributed by atoms with Crippen LogP contribution in [0.3, 0.4) is 0 Å². The first-order valence-corrected chi connectivity index (χ1v) is 9.95. The second-order valence-electron chi connectivity index (χ2n) is 6.64. The summed E-state index contributed by atoms with van der Waals surface area (Å²) in [5, 5.41) is 0.961. The zero-order chi connectivity index (χ0) is 17.9. The topological polar surface area (TPSA) is 38.8 Å². The summed E-state index contributed by atoms with van der Waals surface area (Å²) in [7, 11) is 0. The number of hydrogen-bond donors (Lipinski definition) is 0. The number of anilines is 1. The highest BCUT2D eigenvalue weighted by Gasteiger charge is 2.57. The third kappa shape index (κ3) is 3.55. The van der Waals surface area contributed by atoms with Gasteiger partial charge >= 0.3 is 0 Å². The third-order valence-electron chi connectivity index (χ3n) is 4.88. The number of benzene rings is 1. The van der Waals surface area contributed by atoms with Gasteiger partial charge in [-0.2, -0.15) is 0 Å². The number of rotatable bonds is 8. The van der Waals surface area contributed by atoms with Crippen LogP contribution in [-0.2, 0) is 20.1 Å². The van der Waals surface area contributed by atoms with Crippen LogP contribution in [0, 0.1) is 0 Å². The van der Waals surface area contributed by atoms with Gasteiger partial charge in [0.25, 0.3) is 11.7 Å². The van der Waals surface area contributed by atoms with E-state index in [0.717, 1.165) is 12.8 Å². The lowest BCUT2D eigenvalue weighted by Gasteiger charge is -2.22. The van der Waals surface area contributed by atoms with Gasteiger partial charge in [-0.1, -0.05) is 68.7 Å². The van der Waals surface area contributed by atoms with Crippen LogP contribution >= 0.6 is 23.2 Å². The highest BCUT2D eigenvalue weighted by Crippen LogP contribution is 2.51. The fourth-order valence-corrected chi connectivity index (χ4v) is 4.16. The molecule has 0 N–H and O–H groups in total. The van der Waals surface area contributed by atoms with Crippen LogP contribution in [0.2, 0.25) is 10.0 Å². The number of carbonyl (C=O) groups excluding carboxylic acids is 1. The van der Waals surface area contributed by atoms with Gasteiger partial charge < -0.3 is 14.4 Å². The largest absolute Gasteiger partial charge is 0.336 e. The molecule has 1 aromatic rings. The SMILES string of the molecule is CCCCCCCCCN1C(=O)C2(OCCO2)c2c(Cl)ccc(Cl)c21. The molecule has 4 nitrogen and oxygen atoms in total. The van der Waals surface area contributed by atoms with Crippen molar-refractivity contribution in [3.63, 3.8) is 0 Å². The minimum atomic E-state index is -1.40. The van der Waals surface area contributed by atoms with Crippen LogP contribution in [0.4, 0.5) is 5.69 Å². The molecule has 1 fully saturated rings. The van der Waals surface area contributed by atoms with E-state index in [-0.39, 0.29) is 5.91 Å². The first kappa shape index (κ1) is 19.0. The summed E-state index contributed by atoms with van der Waals surface area (Å²) in [5.41, 5.74) is 1.21. The van der Waals surface area contributed by atoms with E-state index < -0.39 is 5.79 Å². The standard InChI is InChI=1S/C19H25Cl2NO3/c1-2-3-4-5-6-7-8-11-22-17-15(21)10-9-14(20)16(17)19(18(22)23)24-12-13-25-19/h9-10H,2-8,11-13H2,1H3. The Bertz CT molecular complexity index is 629. The van der Waals surface area contributed by atoms with Crippen molar-refractivity contribution >= 4 is 34.8 Å². The van der Waals surface area contributed by atoms with Crippen molar-refractivity contribution in [1.29, 1.82) is 0 Å². The molecule has 0 unspecified atom stereocenters. The second-order valence-corrected chi connectivity index (χ2v) is 7.46. The fourth-order valence-electron chi connectivity index (χ4n) is 3.62. The average molecular weight is 386 g/mol. The first-order valence-electron chi connectivity index (χ1n) is 9.20. The molecule has 0 aromatic heterocycles. The molecule has 1 amide bonds. The molecule has 1 saturated heterocycles. The Morgan fingerprint density at radius 2 is 1.60 bits per heavy atom. The molecule has 138 valence electrons. The van der Waals surface area contributed by atoms with Crippen molar-refractivity contribution in [1.82, 2.24) is 0 Å². The van der Waals surface area contributed by atoms with Crippen molar-refractivity contribution in [2.45, 2.75) is 57.7 Å². The minimum Gasteiger partial charge on any atom is -0.336 e. The maximum absolute atomic E-state index is 13.1. The Hall–Kier alpha value is -0.810. The molecule has 0 atom stereocenters. The van der Waals surface area contributed by atoms with Crippen LogP contribution in [0.15, 0.2) is 12.1 Å². The number of ether oxygens (including phenoxy) is 2. The zero-order valence-electron chi connectivity index (χ0n) is 14.7. The number of carbonyl (C=O) groups is 1. The lowest BCUT2D eigenvalue weighted by atomic mass is 10.1. The second kappa shape index (κ2) is 8.26. The number of fused-ring (bicyclic) bond motifs is 2. The lowest BCUT2D eigenvalue weighted by Crippen LogP contribution is -2.41. The monoisotopic (exact) mass is 385 g/mol.